The highest BCUT2D eigenvalue weighted by atomic mass is 32.1. The molecule has 2 rings (SSSR count). The Hall–Kier alpha value is -2.69. The van der Waals surface area contributed by atoms with E-state index in [4.69, 9.17) is 4.74 Å². The number of hydrogen-bond donors (Lipinski definition) is 1. The van der Waals surface area contributed by atoms with Gasteiger partial charge in [-0.15, -0.1) is 24.5 Å². The minimum Gasteiger partial charge on any atom is -0.466 e. The van der Waals surface area contributed by atoms with Gasteiger partial charge in [0.25, 0.3) is 0 Å². The van der Waals surface area contributed by atoms with E-state index >= 15 is 0 Å². The van der Waals surface area contributed by atoms with Crippen molar-refractivity contribution in [2.24, 2.45) is 5.10 Å². The number of nitrogens with one attached hydrogen (secondary N) is 1. The first kappa shape index (κ1) is 19.6. The quantitative estimate of drug-likeness (QED) is 0.337. The van der Waals surface area contributed by atoms with E-state index in [1.807, 2.05) is 0 Å². The molecule has 0 aliphatic heterocycles. The van der Waals surface area contributed by atoms with Crippen molar-refractivity contribution >= 4 is 28.7 Å². The number of aromatic nitrogens is 1. The third-order valence-electron chi connectivity index (χ3n) is 2.75. The predicted octanol–water partition coefficient (Wildman–Crippen LogP) is 3.73. The maximum absolute atomic E-state index is 13.1. The molecule has 0 saturated heterocycles. The number of thiazole rings is 1. The zero-order valence-electron chi connectivity index (χ0n) is 13.3. The summed E-state index contributed by atoms with van der Waals surface area (Å²) in [6, 6.07) is 2.68. The number of ether oxygens (including phenoxy) is 2. The summed E-state index contributed by atoms with van der Waals surface area (Å²) in [6.45, 7) is 1.95. The molecule has 1 N–H and O–H groups in total. The van der Waals surface area contributed by atoms with Gasteiger partial charge >= 0.3 is 12.3 Å². The van der Waals surface area contributed by atoms with Crippen molar-refractivity contribution in [3.63, 3.8) is 0 Å². The van der Waals surface area contributed by atoms with Crippen molar-refractivity contribution in [2.75, 3.05) is 12.0 Å². The van der Waals surface area contributed by atoms with E-state index < -0.39 is 23.9 Å². The molecule has 1 aromatic heterocycles. The minimum atomic E-state index is -4.96. The van der Waals surface area contributed by atoms with Gasteiger partial charge < -0.3 is 9.47 Å². The van der Waals surface area contributed by atoms with Crippen LogP contribution in [-0.2, 0) is 16.0 Å². The van der Waals surface area contributed by atoms with Crippen LogP contribution in [0.3, 0.4) is 0 Å². The number of anilines is 1. The Bertz CT molecular complexity index is 793. The van der Waals surface area contributed by atoms with Crippen LogP contribution in [0.1, 0.15) is 18.2 Å². The summed E-state index contributed by atoms with van der Waals surface area (Å²) < 4.78 is 58.7. The van der Waals surface area contributed by atoms with E-state index in [2.05, 4.69) is 20.2 Å². The SMILES string of the molecule is CCOC(=O)Cc1csc(NN=Cc2ccc(F)cc2OC(F)(F)F)n1. The lowest BCUT2D eigenvalue weighted by atomic mass is 10.2. The van der Waals surface area contributed by atoms with Crippen LogP contribution in [-0.4, -0.2) is 30.1 Å². The van der Waals surface area contributed by atoms with Crippen molar-refractivity contribution in [2.45, 2.75) is 19.7 Å². The van der Waals surface area contributed by atoms with Gasteiger partial charge in [0.15, 0.2) is 0 Å². The van der Waals surface area contributed by atoms with E-state index in [-0.39, 0.29) is 18.6 Å². The fourth-order valence-electron chi connectivity index (χ4n) is 1.78. The molecule has 1 heterocycles. The van der Waals surface area contributed by atoms with Gasteiger partial charge in [-0.2, -0.15) is 5.10 Å². The summed E-state index contributed by atoms with van der Waals surface area (Å²) in [7, 11) is 0. The van der Waals surface area contributed by atoms with Crippen molar-refractivity contribution in [1.82, 2.24) is 4.98 Å². The summed E-state index contributed by atoms with van der Waals surface area (Å²) in [6.07, 6.45) is -3.93. The van der Waals surface area contributed by atoms with Crippen molar-refractivity contribution in [1.29, 1.82) is 0 Å². The zero-order valence-corrected chi connectivity index (χ0v) is 14.2. The van der Waals surface area contributed by atoms with Crippen LogP contribution < -0.4 is 10.2 Å². The monoisotopic (exact) mass is 391 g/mol. The van der Waals surface area contributed by atoms with Gasteiger partial charge in [-0.1, -0.05) is 0 Å². The van der Waals surface area contributed by atoms with Gasteiger partial charge in [-0.25, -0.2) is 9.37 Å². The van der Waals surface area contributed by atoms with E-state index in [1.54, 1.807) is 12.3 Å². The summed E-state index contributed by atoms with van der Waals surface area (Å²) >= 11 is 1.15. The average Bonchev–Trinajstić information content (AvgIpc) is 2.95. The molecule has 0 aliphatic carbocycles. The Balaban J connectivity index is 2.02. The molecule has 6 nitrogen and oxygen atoms in total. The standard InChI is InChI=1S/C15H13F4N3O3S/c1-2-24-13(23)6-11-8-26-14(21-11)22-20-7-9-3-4-10(16)5-12(9)25-15(17,18)19/h3-5,7-8H,2,6H2,1H3,(H,21,22). The lowest BCUT2D eigenvalue weighted by Gasteiger charge is -2.11. The summed E-state index contributed by atoms with van der Waals surface area (Å²) in [5, 5.41) is 5.68. The fourth-order valence-corrected chi connectivity index (χ4v) is 2.44. The molecule has 0 bridgehead atoms. The van der Waals surface area contributed by atoms with Gasteiger partial charge in [0.2, 0.25) is 5.13 Å². The van der Waals surface area contributed by atoms with Gasteiger partial charge in [-0.05, 0) is 19.1 Å². The third-order valence-corrected chi connectivity index (χ3v) is 3.54. The molecule has 0 fully saturated rings. The molecule has 0 spiro atoms. The maximum Gasteiger partial charge on any atom is 0.573 e. The molecule has 26 heavy (non-hydrogen) atoms. The van der Waals surface area contributed by atoms with Crippen molar-refractivity contribution in [3.05, 3.63) is 40.7 Å². The number of benzene rings is 1. The molecule has 2 aromatic rings. The topological polar surface area (TPSA) is 72.8 Å². The van der Waals surface area contributed by atoms with Crippen LogP contribution >= 0.6 is 11.3 Å². The first-order valence-corrected chi connectivity index (χ1v) is 8.09. The van der Waals surface area contributed by atoms with E-state index in [9.17, 15) is 22.4 Å². The summed E-state index contributed by atoms with van der Waals surface area (Å²) in [5.41, 5.74) is 2.90. The highest BCUT2D eigenvalue weighted by Gasteiger charge is 2.32. The fraction of sp³-hybridized carbons (Fsp3) is 0.267. The van der Waals surface area contributed by atoms with Crippen LogP contribution in [0.5, 0.6) is 5.75 Å². The molecule has 1 aromatic carbocycles. The number of alkyl halides is 3. The van der Waals surface area contributed by atoms with Crippen LogP contribution in [0.2, 0.25) is 0 Å². The molecule has 0 saturated carbocycles. The Morgan fingerprint density at radius 2 is 2.19 bits per heavy atom. The van der Waals surface area contributed by atoms with Crippen molar-refractivity contribution < 1.29 is 31.8 Å². The second-order valence-corrected chi connectivity index (χ2v) is 5.58. The van der Waals surface area contributed by atoms with E-state index in [1.165, 1.54) is 0 Å². The number of esters is 1. The molecule has 0 amide bonds. The first-order valence-electron chi connectivity index (χ1n) is 7.21. The van der Waals surface area contributed by atoms with E-state index in [0.29, 0.717) is 16.9 Å². The molecule has 0 atom stereocenters. The molecular weight excluding hydrogens is 378 g/mol. The largest absolute Gasteiger partial charge is 0.573 e. The second-order valence-electron chi connectivity index (χ2n) is 4.73. The molecular formula is C15H13F4N3O3S. The molecule has 140 valence electrons. The van der Waals surface area contributed by atoms with Gasteiger partial charge in [0, 0.05) is 17.0 Å². The Morgan fingerprint density at radius 1 is 1.42 bits per heavy atom. The van der Waals surface area contributed by atoms with Gasteiger partial charge in [0.05, 0.1) is 24.9 Å². The third kappa shape index (κ3) is 6.31. The van der Waals surface area contributed by atoms with Crippen LogP contribution in [0, 0.1) is 5.82 Å². The number of hydrogen-bond acceptors (Lipinski definition) is 7. The van der Waals surface area contributed by atoms with Crippen LogP contribution in [0.25, 0.3) is 0 Å². The second kappa shape index (κ2) is 8.61. The minimum absolute atomic E-state index is 0.00271. The summed E-state index contributed by atoms with van der Waals surface area (Å²) in [5.74, 6) is -2.02. The normalized spacial score (nSPS) is 11.6. The zero-order chi connectivity index (χ0) is 19.2. The van der Waals surface area contributed by atoms with E-state index in [0.717, 1.165) is 29.7 Å². The lowest BCUT2D eigenvalue weighted by molar-refractivity contribution is -0.274. The first-order chi connectivity index (χ1) is 12.3. The number of carbonyl (C=O) groups is 1. The lowest BCUT2D eigenvalue weighted by Crippen LogP contribution is -2.18. The average molecular weight is 391 g/mol. The Kier molecular flexibility index (Phi) is 6.50. The van der Waals surface area contributed by atoms with Crippen LogP contribution in [0.15, 0.2) is 28.7 Å². The highest BCUT2D eigenvalue weighted by Crippen LogP contribution is 2.26. The Labute approximate surface area is 149 Å². The summed E-state index contributed by atoms with van der Waals surface area (Å²) in [4.78, 5) is 15.4. The van der Waals surface area contributed by atoms with Gasteiger partial charge in [-0.3, -0.25) is 10.2 Å². The predicted molar refractivity (Wildman–Crippen MR) is 86.8 cm³/mol. The number of rotatable bonds is 7. The smallest absolute Gasteiger partial charge is 0.466 e. The Morgan fingerprint density at radius 3 is 2.88 bits per heavy atom. The number of halogens is 4. The van der Waals surface area contributed by atoms with Crippen molar-refractivity contribution in [3.8, 4) is 5.75 Å². The van der Waals surface area contributed by atoms with Gasteiger partial charge in [0.1, 0.15) is 11.6 Å². The number of hydrazone groups is 1. The van der Waals surface area contributed by atoms with Crippen LogP contribution in [0.4, 0.5) is 22.7 Å². The molecule has 0 radical (unpaired) electrons. The molecule has 0 aliphatic rings. The number of carbonyl (C=O) groups excluding carboxylic acids is 1. The molecule has 11 heteroatoms. The number of nitrogens with zero attached hydrogens (tertiary/aromatic N) is 2. The molecule has 0 unspecified atom stereocenters. The maximum atomic E-state index is 13.1. The highest BCUT2D eigenvalue weighted by molar-refractivity contribution is 7.13.